The SMILES string of the molecule is Cc1noc(C)c1C1SCC(=O)Nc2c1cnn2-c1ccccc1. The first-order valence-corrected chi connectivity index (χ1v) is 8.67. The van der Waals surface area contributed by atoms with E-state index in [1.807, 2.05) is 50.4 Å². The highest BCUT2D eigenvalue weighted by Crippen LogP contribution is 2.44. The molecular formula is C17H16N4O2S. The lowest BCUT2D eigenvalue weighted by Crippen LogP contribution is -2.15. The van der Waals surface area contributed by atoms with Gasteiger partial charge in [-0.3, -0.25) is 4.79 Å². The van der Waals surface area contributed by atoms with Gasteiger partial charge in [0.05, 0.1) is 28.6 Å². The van der Waals surface area contributed by atoms with Crippen molar-refractivity contribution in [2.24, 2.45) is 0 Å². The fourth-order valence-electron chi connectivity index (χ4n) is 2.96. The number of anilines is 1. The van der Waals surface area contributed by atoms with Gasteiger partial charge in [-0.05, 0) is 26.0 Å². The van der Waals surface area contributed by atoms with Crippen molar-refractivity contribution >= 4 is 23.5 Å². The predicted molar refractivity (Wildman–Crippen MR) is 92.5 cm³/mol. The highest BCUT2D eigenvalue weighted by molar-refractivity contribution is 8.00. The van der Waals surface area contributed by atoms with E-state index in [1.165, 1.54) is 0 Å². The van der Waals surface area contributed by atoms with E-state index in [9.17, 15) is 4.79 Å². The third-order valence-corrected chi connectivity index (χ3v) is 5.32. The molecule has 7 heteroatoms. The number of amides is 1. The number of nitrogens with zero attached hydrogens (tertiary/aromatic N) is 3. The van der Waals surface area contributed by atoms with Gasteiger partial charge in [-0.2, -0.15) is 5.10 Å². The van der Waals surface area contributed by atoms with Crippen LogP contribution in [0.4, 0.5) is 5.82 Å². The number of aryl methyl sites for hydroxylation is 2. The maximum absolute atomic E-state index is 12.2. The first kappa shape index (κ1) is 15.0. The van der Waals surface area contributed by atoms with Gasteiger partial charge in [0, 0.05) is 11.1 Å². The second-order valence-electron chi connectivity index (χ2n) is 5.67. The van der Waals surface area contributed by atoms with Crippen LogP contribution in [-0.2, 0) is 4.79 Å². The van der Waals surface area contributed by atoms with Crippen LogP contribution >= 0.6 is 11.8 Å². The Morgan fingerprint density at radius 1 is 1.29 bits per heavy atom. The summed E-state index contributed by atoms with van der Waals surface area (Å²) in [5, 5.41) is 11.5. The molecule has 2 aromatic heterocycles. The van der Waals surface area contributed by atoms with Crippen LogP contribution in [0.25, 0.3) is 5.69 Å². The minimum absolute atomic E-state index is 0.0341. The van der Waals surface area contributed by atoms with Crippen molar-refractivity contribution in [3.63, 3.8) is 0 Å². The Hall–Kier alpha value is -2.54. The Balaban J connectivity index is 1.88. The standard InChI is InChI=1S/C17H16N4O2S/c1-10-15(11(2)23-20-10)16-13-8-18-21(12-6-4-3-5-7-12)17(13)19-14(22)9-24-16/h3-8,16H,9H2,1-2H3,(H,19,22). The summed E-state index contributed by atoms with van der Waals surface area (Å²) < 4.78 is 7.09. The van der Waals surface area contributed by atoms with Crippen LogP contribution in [0.15, 0.2) is 41.1 Å². The molecule has 1 atom stereocenters. The molecule has 4 rings (SSSR count). The van der Waals surface area contributed by atoms with E-state index in [4.69, 9.17) is 4.52 Å². The zero-order valence-electron chi connectivity index (χ0n) is 13.3. The monoisotopic (exact) mass is 340 g/mol. The number of carbonyl (C=O) groups is 1. The molecule has 122 valence electrons. The zero-order chi connectivity index (χ0) is 16.7. The zero-order valence-corrected chi connectivity index (χ0v) is 14.1. The molecule has 1 N–H and O–H groups in total. The van der Waals surface area contributed by atoms with Gasteiger partial charge in [-0.15, -0.1) is 11.8 Å². The van der Waals surface area contributed by atoms with Gasteiger partial charge in [-0.1, -0.05) is 23.4 Å². The third kappa shape index (κ3) is 2.41. The molecule has 0 aliphatic carbocycles. The highest BCUT2D eigenvalue weighted by Gasteiger charge is 2.31. The molecular weight excluding hydrogens is 324 g/mol. The van der Waals surface area contributed by atoms with Crippen molar-refractivity contribution in [1.29, 1.82) is 0 Å². The fraction of sp³-hybridized carbons (Fsp3) is 0.235. The van der Waals surface area contributed by atoms with Crippen LogP contribution in [0.2, 0.25) is 0 Å². The number of rotatable bonds is 2. The second-order valence-corrected chi connectivity index (χ2v) is 6.77. The Kier molecular flexibility index (Phi) is 3.65. The minimum atomic E-state index is -0.0392. The molecule has 24 heavy (non-hydrogen) atoms. The summed E-state index contributed by atoms with van der Waals surface area (Å²) in [6.45, 7) is 3.82. The average Bonchev–Trinajstić information content (AvgIpc) is 3.09. The van der Waals surface area contributed by atoms with Crippen LogP contribution in [0, 0.1) is 13.8 Å². The Labute approximate surface area is 143 Å². The van der Waals surface area contributed by atoms with Crippen LogP contribution in [0.3, 0.4) is 0 Å². The van der Waals surface area contributed by atoms with E-state index in [1.54, 1.807) is 16.4 Å². The van der Waals surface area contributed by atoms with Gasteiger partial charge in [-0.25, -0.2) is 4.68 Å². The molecule has 1 unspecified atom stereocenters. The smallest absolute Gasteiger partial charge is 0.235 e. The summed E-state index contributed by atoms with van der Waals surface area (Å²) in [7, 11) is 0. The highest BCUT2D eigenvalue weighted by atomic mass is 32.2. The number of thioether (sulfide) groups is 1. The number of hydrogen-bond acceptors (Lipinski definition) is 5. The Bertz CT molecular complexity index is 881. The van der Waals surface area contributed by atoms with Crippen molar-refractivity contribution in [2.45, 2.75) is 19.1 Å². The quantitative estimate of drug-likeness (QED) is 0.775. The van der Waals surface area contributed by atoms with Gasteiger partial charge < -0.3 is 9.84 Å². The number of carbonyl (C=O) groups excluding carboxylic acids is 1. The van der Waals surface area contributed by atoms with Gasteiger partial charge in [0.1, 0.15) is 11.6 Å². The second kappa shape index (κ2) is 5.83. The van der Waals surface area contributed by atoms with E-state index in [0.717, 1.165) is 28.3 Å². The number of para-hydroxylation sites is 1. The van der Waals surface area contributed by atoms with Crippen LogP contribution in [0.5, 0.6) is 0 Å². The number of nitrogens with one attached hydrogen (secondary N) is 1. The lowest BCUT2D eigenvalue weighted by atomic mass is 10.1. The Morgan fingerprint density at radius 2 is 2.08 bits per heavy atom. The third-order valence-electron chi connectivity index (χ3n) is 4.07. The first-order chi connectivity index (χ1) is 11.6. The molecule has 1 aromatic carbocycles. The van der Waals surface area contributed by atoms with Crippen LogP contribution in [-0.4, -0.2) is 26.6 Å². The summed E-state index contributed by atoms with van der Waals surface area (Å²) in [5.74, 6) is 1.82. The summed E-state index contributed by atoms with van der Waals surface area (Å²) in [6, 6.07) is 9.77. The normalized spacial score (nSPS) is 17.2. The average molecular weight is 340 g/mol. The number of aromatic nitrogens is 3. The summed E-state index contributed by atoms with van der Waals surface area (Å²) in [5.41, 5.74) is 3.73. The molecule has 1 amide bonds. The van der Waals surface area contributed by atoms with E-state index in [2.05, 4.69) is 15.6 Å². The van der Waals surface area contributed by atoms with Crippen molar-refractivity contribution < 1.29 is 9.32 Å². The molecule has 0 bridgehead atoms. The summed E-state index contributed by atoms with van der Waals surface area (Å²) in [6.07, 6.45) is 1.82. The molecule has 1 aliphatic rings. The molecule has 1 aliphatic heterocycles. The van der Waals surface area contributed by atoms with Crippen molar-refractivity contribution in [3.8, 4) is 5.69 Å². The lowest BCUT2D eigenvalue weighted by Gasteiger charge is -2.13. The van der Waals surface area contributed by atoms with Gasteiger partial charge in [0.2, 0.25) is 5.91 Å². The molecule has 0 saturated carbocycles. The molecule has 3 heterocycles. The maximum Gasteiger partial charge on any atom is 0.235 e. The van der Waals surface area contributed by atoms with Crippen LogP contribution in [0.1, 0.15) is 27.8 Å². The van der Waals surface area contributed by atoms with E-state index in [0.29, 0.717) is 11.6 Å². The lowest BCUT2D eigenvalue weighted by molar-refractivity contribution is -0.113. The summed E-state index contributed by atoms with van der Waals surface area (Å²) >= 11 is 1.56. The molecule has 0 spiro atoms. The van der Waals surface area contributed by atoms with Gasteiger partial charge in [0.25, 0.3) is 0 Å². The molecule has 0 radical (unpaired) electrons. The van der Waals surface area contributed by atoms with Crippen LogP contribution < -0.4 is 5.32 Å². The molecule has 6 nitrogen and oxygen atoms in total. The topological polar surface area (TPSA) is 73.0 Å². The maximum atomic E-state index is 12.2. The largest absolute Gasteiger partial charge is 0.361 e. The first-order valence-electron chi connectivity index (χ1n) is 7.62. The van der Waals surface area contributed by atoms with Gasteiger partial charge in [0.15, 0.2) is 0 Å². The number of benzene rings is 1. The molecule has 3 aromatic rings. The van der Waals surface area contributed by atoms with Crippen molar-refractivity contribution in [2.75, 3.05) is 11.1 Å². The fourth-order valence-corrected chi connectivity index (χ4v) is 4.21. The molecule has 0 fully saturated rings. The van der Waals surface area contributed by atoms with Crippen molar-refractivity contribution in [3.05, 3.63) is 59.1 Å². The van der Waals surface area contributed by atoms with E-state index < -0.39 is 0 Å². The van der Waals surface area contributed by atoms with Gasteiger partial charge >= 0.3 is 0 Å². The number of fused-ring (bicyclic) bond motifs is 1. The van der Waals surface area contributed by atoms with E-state index >= 15 is 0 Å². The Morgan fingerprint density at radius 3 is 2.79 bits per heavy atom. The predicted octanol–water partition coefficient (Wildman–Crippen LogP) is 3.25. The van der Waals surface area contributed by atoms with Crippen molar-refractivity contribution in [1.82, 2.24) is 14.9 Å². The molecule has 0 saturated heterocycles. The van der Waals surface area contributed by atoms with E-state index in [-0.39, 0.29) is 11.2 Å². The number of hydrogen-bond donors (Lipinski definition) is 1. The summed E-state index contributed by atoms with van der Waals surface area (Å²) in [4.78, 5) is 12.2. The minimum Gasteiger partial charge on any atom is -0.361 e.